The maximum atomic E-state index is 11.6. The summed E-state index contributed by atoms with van der Waals surface area (Å²) in [5.41, 5.74) is 1.01. The lowest BCUT2D eigenvalue weighted by molar-refractivity contribution is -0.165. The molecule has 0 aliphatic carbocycles. The lowest BCUT2D eigenvalue weighted by Crippen LogP contribution is -2.34. The van der Waals surface area contributed by atoms with Gasteiger partial charge >= 0.3 is 11.8 Å². The van der Waals surface area contributed by atoms with E-state index in [1.54, 1.807) is 0 Å². The molecule has 1 heterocycles. The fourth-order valence-electron chi connectivity index (χ4n) is 1.64. The van der Waals surface area contributed by atoms with Crippen LogP contribution in [0.2, 0.25) is 0 Å². The number of esters is 1. The molecule has 0 saturated heterocycles. The molecule has 0 bridgehead atoms. The van der Waals surface area contributed by atoms with Crippen LogP contribution in [0.15, 0.2) is 51.0 Å². The molecule has 0 radical (unpaired) electrons. The zero-order chi connectivity index (χ0) is 14.3. The number of hydrogen-bond acceptors (Lipinski definition) is 7. The average molecular weight is 276 g/mol. The molecule has 106 valence electrons. The fraction of sp³-hybridized carbons (Fsp3) is 0.462. The van der Waals surface area contributed by atoms with Crippen molar-refractivity contribution in [1.29, 1.82) is 0 Å². The van der Waals surface area contributed by atoms with Crippen LogP contribution in [0, 0.1) is 0 Å². The molecule has 1 aliphatic rings. The minimum absolute atomic E-state index is 0.00957. The summed E-state index contributed by atoms with van der Waals surface area (Å²) in [6.07, 6.45) is 0.986. The Kier molecular flexibility index (Phi) is 4.89. The third-order valence-corrected chi connectivity index (χ3v) is 2.58. The molecule has 1 aromatic rings. The van der Waals surface area contributed by atoms with Crippen LogP contribution < -0.4 is 0 Å². The Labute approximate surface area is 116 Å². The van der Waals surface area contributed by atoms with Gasteiger partial charge in [0.05, 0.1) is 6.61 Å². The molecule has 1 aliphatic heterocycles. The molecule has 0 spiro atoms. The Morgan fingerprint density at radius 2 is 1.90 bits per heavy atom. The summed E-state index contributed by atoms with van der Waals surface area (Å²) in [6.45, 7) is 2.25. The van der Waals surface area contributed by atoms with E-state index in [1.807, 2.05) is 37.3 Å². The van der Waals surface area contributed by atoms with Crippen LogP contribution >= 0.6 is 0 Å². The summed E-state index contributed by atoms with van der Waals surface area (Å²) in [5, 5.41) is 14.3. The zero-order valence-corrected chi connectivity index (χ0v) is 11.2. The zero-order valence-electron chi connectivity index (χ0n) is 11.2. The fourth-order valence-corrected chi connectivity index (χ4v) is 1.64. The van der Waals surface area contributed by atoms with Crippen LogP contribution in [0.5, 0.6) is 0 Å². The molecule has 0 aromatic heterocycles. The normalized spacial score (nSPS) is 15.4. The summed E-state index contributed by atoms with van der Waals surface area (Å²) in [5.74, 6) is -1.85. The van der Waals surface area contributed by atoms with Gasteiger partial charge in [0.1, 0.15) is 6.61 Å². The van der Waals surface area contributed by atoms with Crippen molar-refractivity contribution >= 4 is 5.97 Å². The van der Waals surface area contributed by atoms with Crippen LogP contribution in [0.4, 0.5) is 0 Å². The number of hydrogen-bond donors (Lipinski definition) is 0. The van der Waals surface area contributed by atoms with Gasteiger partial charge < -0.3 is 9.47 Å². The van der Waals surface area contributed by atoms with Gasteiger partial charge in [0.2, 0.25) is 0 Å². The minimum atomic E-state index is -1.46. The third kappa shape index (κ3) is 3.92. The smallest absolute Gasteiger partial charge is 0.363 e. The maximum Gasteiger partial charge on any atom is 0.363 e. The molecular weight excluding hydrogens is 260 g/mol. The summed E-state index contributed by atoms with van der Waals surface area (Å²) in [6, 6.07) is 9.65. The van der Waals surface area contributed by atoms with Crippen LogP contribution in [0.25, 0.3) is 0 Å². The molecule has 0 atom stereocenters. The van der Waals surface area contributed by atoms with E-state index in [-0.39, 0.29) is 6.61 Å². The van der Waals surface area contributed by atoms with E-state index in [2.05, 4.69) is 20.7 Å². The monoisotopic (exact) mass is 276 g/mol. The predicted molar refractivity (Wildman–Crippen MR) is 69.5 cm³/mol. The van der Waals surface area contributed by atoms with E-state index in [0.29, 0.717) is 19.4 Å². The highest BCUT2D eigenvalue weighted by Crippen LogP contribution is 2.23. The van der Waals surface area contributed by atoms with Crippen molar-refractivity contribution in [1.82, 2.24) is 0 Å². The third-order valence-electron chi connectivity index (χ3n) is 2.58. The van der Waals surface area contributed by atoms with Gasteiger partial charge in [-0.25, -0.2) is 0 Å². The highest BCUT2D eigenvalue weighted by molar-refractivity contribution is 5.69. The quantitative estimate of drug-likeness (QED) is 0.717. The largest absolute Gasteiger partial charge is 0.411 e. The second-order valence-corrected chi connectivity index (χ2v) is 4.32. The minimum Gasteiger partial charge on any atom is -0.411 e. The van der Waals surface area contributed by atoms with Crippen LogP contribution in [0.1, 0.15) is 25.3 Å². The van der Waals surface area contributed by atoms with Crippen LogP contribution in [-0.4, -0.2) is 18.4 Å². The average Bonchev–Trinajstić information content (AvgIpc) is 2.89. The Balaban J connectivity index is 1.88. The van der Waals surface area contributed by atoms with Crippen molar-refractivity contribution < 1.29 is 14.3 Å². The van der Waals surface area contributed by atoms with Crippen LogP contribution in [-0.2, 0) is 20.9 Å². The predicted octanol–water partition coefficient (Wildman–Crippen LogP) is 3.03. The molecule has 0 fully saturated rings. The standard InChI is InChI=1S/C13H16N4O3/c1-2-6-12(18)20-13(14-16-17-15-13)10-19-9-11-7-4-3-5-8-11/h3-5,7-8H,2,6,9-10H2,1H3. The Morgan fingerprint density at radius 1 is 1.20 bits per heavy atom. The molecule has 0 unspecified atom stereocenters. The molecule has 20 heavy (non-hydrogen) atoms. The summed E-state index contributed by atoms with van der Waals surface area (Å²) < 4.78 is 10.7. The van der Waals surface area contributed by atoms with Crippen LogP contribution in [0.3, 0.4) is 0 Å². The molecule has 1 aromatic carbocycles. The second-order valence-electron chi connectivity index (χ2n) is 4.32. The van der Waals surface area contributed by atoms with Gasteiger partial charge in [-0.15, -0.1) is 0 Å². The molecule has 0 amide bonds. The maximum absolute atomic E-state index is 11.6. The molecular formula is C13H16N4O3. The number of carbonyl (C=O) groups excluding carboxylic acids is 1. The molecule has 7 heteroatoms. The van der Waals surface area contributed by atoms with Gasteiger partial charge in [-0.05, 0) is 22.4 Å². The first-order chi connectivity index (χ1) is 9.74. The van der Waals surface area contributed by atoms with Crippen molar-refractivity contribution in [2.45, 2.75) is 32.2 Å². The Bertz CT molecular complexity index is 490. The molecule has 2 rings (SSSR count). The first-order valence-corrected chi connectivity index (χ1v) is 6.42. The number of rotatable bonds is 7. The van der Waals surface area contributed by atoms with E-state index in [9.17, 15) is 4.79 Å². The SMILES string of the molecule is CCCC(=O)OC1(COCc2ccccc2)N=NN=N1. The lowest BCUT2D eigenvalue weighted by Gasteiger charge is -2.19. The van der Waals surface area contributed by atoms with E-state index in [1.165, 1.54) is 0 Å². The number of ether oxygens (including phenoxy) is 2. The lowest BCUT2D eigenvalue weighted by atomic mass is 10.2. The van der Waals surface area contributed by atoms with Gasteiger partial charge in [-0.1, -0.05) is 47.5 Å². The summed E-state index contributed by atoms with van der Waals surface area (Å²) >= 11 is 0. The highest BCUT2D eigenvalue weighted by Gasteiger charge is 2.38. The van der Waals surface area contributed by atoms with Gasteiger partial charge in [0.15, 0.2) is 0 Å². The first kappa shape index (κ1) is 14.3. The topological polar surface area (TPSA) is 85.0 Å². The van der Waals surface area contributed by atoms with Gasteiger partial charge in [-0.2, -0.15) is 0 Å². The first-order valence-electron chi connectivity index (χ1n) is 6.42. The van der Waals surface area contributed by atoms with Crippen molar-refractivity contribution in [3.63, 3.8) is 0 Å². The summed E-state index contributed by atoms with van der Waals surface area (Å²) in [4.78, 5) is 11.6. The van der Waals surface area contributed by atoms with Crippen molar-refractivity contribution in [2.24, 2.45) is 20.7 Å². The molecule has 7 nitrogen and oxygen atoms in total. The number of benzene rings is 1. The second kappa shape index (κ2) is 6.85. The number of nitrogens with zero attached hydrogens (tertiary/aromatic N) is 4. The van der Waals surface area contributed by atoms with Crippen molar-refractivity contribution in [3.05, 3.63) is 35.9 Å². The van der Waals surface area contributed by atoms with Crippen molar-refractivity contribution in [2.75, 3.05) is 6.61 Å². The highest BCUT2D eigenvalue weighted by atomic mass is 16.6. The molecule has 0 saturated carbocycles. The van der Waals surface area contributed by atoms with Crippen molar-refractivity contribution in [3.8, 4) is 0 Å². The van der Waals surface area contributed by atoms with E-state index in [4.69, 9.17) is 9.47 Å². The Hall–Kier alpha value is -2.15. The number of carbonyl (C=O) groups is 1. The van der Waals surface area contributed by atoms with E-state index in [0.717, 1.165) is 5.56 Å². The van der Waals surface area contributed by atoms with Gasteiger partial charge in [-0.3, -0.25) is 4.79 Å². The Morgan fingerprint density at radius 3 is 2.55 bits per heavy atom. The van der Waals surface area contributed by atoms with E-state index < -0.39 is 11.8 Å². The molecule has 0 N–H and O–H groups in total. The van der Waals surface area contributed by atoms with Gasteiger partial charge in [0, 0.05) is 6.42 Å². The van der Waals surface area contributed by atoms with Gasteiger partial charge in [0.25, 0.3) is 0 Å². The van der Waals surface area contributed by atoms with E-state index >= 15 is 0 Å². The summed E-state index contributed by atoms with van der Waals surface area (Å²) in [7, 11) is 0.